The molecule has 0 aliphatic heterocycles. The summed E-state index contributed by atoms with van der Waals surface area (Å²) in [6.07, 6.45) is 9.87. The van der Waals surface area contributed by atoms with Crippen molar-refractivity contribution in [2.24, 2.45) is 5.92 Å². The summed E-state index contributed by atoms with van der Waals surface area (Å²) in [5.41, 5.74) is 1.73. The molecule has 0 bridgehead atoms. The summed E-state index contributed by atoms with van der Waals surface area (Å²) in [6, 6.07) is 0. The third kappa shape index (κ3) is 2.79. The number of hydrogen-bond acceptors (Lipinski definition) is 1. The summed E-state index contributed by atoms with van der Waals surface area (Å²) in [6.45, 7) is 0. The van der Waals surface area contributed by atoms with Gasteiger partial charge in [-0.05, 0) is 0 Å². The number of rotatable bonds is 3. The summed E-state index contributed by atoms with van der Waals surface area (Å²) in [5, 5.41) is 0. The Labute approximate surface area is 103 Å². The van der Waals surface area contributed by atoms with Crippen LogP contribution in [-0.4, -0.2) is 24.2 Å². The fourth-order valence-corrected chi connectivity index (χ4v) is 9.35. The molecule has 0 fully saturated rings. The topological polar surface area (TPSA) is 17.1 Å². The molecule has 2 aliphatic carbocycles. The van der Waals surface area contributed by atoms with Gasteiger partial charge in [0.15, 0.2) is 0 Å². The maximum atomic E-state index is 11.2. The minimum atomic E-state index is -1.83. The van der Waals surface area contributed by atoms with Gasteiger partial charge in [-0.3, -0.25) is 0 Å². The molecule has 1 nitrogen and oxygen atoms in total. The van der Waals surface area contributed by atoms with Gasteiger partial charge in [0.2, 0.25) is 0 Å². The van der Waals surface area contributed by atoms with E-state index in [0.717, 1.165) is 6.42 Å². The Balaban J connectivity index is 2.08. The van der Waals surface area contributed by atoms with Crippen LogP contribution in [0.25, 0.3) is 0 Å². The van der Waals surface area contributed by atoms with Gasteiger partial charge in [0.25, 0.3) is 0 Å². The molecule has 1 unspecified atom stereocenters. The van der Waals surface area contributed by atoms with Crippen molar-refractivity contribution >= 4 is 24.2 Å². The third-order valence-electron chi connectivity index (χ3n) is 3.76. The van der Waals surface area contributed by atoms with Crippen molar-refractivity contribution in [1.29, 1.82) is 0 Å². The van der Waals surface area contributed by atoms with Crippen molar-refractivity contribution in [3.63, 3.8) is 0 Å². The van der Waals surface area contributed by atoms with Gasteiger partial charge < -0.3 is 0 Å². The van der Waals surface area contributed by atoms with Crippen molar-refractivity contribution in [3.8, 4) is 0 Å². The number of ketones is 1. The van der Waals surface area contributed by atoms with Crippen molar-refractivity contribution < 1.29 is 4.79 Å². The second-order valence-corrected chi connectivity index (χ2v) is 20.7. The van der Waals surface area contributed by atoms with Crippen LogP contribution in [-0.2, 0) is 4.79 Å². The predicted octanol–water partition coefficient (Wildman–Crippen LogP) is 3.88. The fourth-order valence-electron chi connectivity index (χ4n) is 3.03. The molecule has 2 rings (SSSR count). The van der Waals surface area contributed by atoms with Crippen LogP contribution in [0.3, 0.4) is 0 Å². The average Bonchev–Trinajstić information content (AvgIpc) is 2.74. The Bertz CT molecular complexity index is 357. The number of hydrogen-bond donors (Lipinski definition) is 0. The van der Waals surface area contributed by atoms with Crippen LogP contribution in [0.5, 0.6) is 0 Å². The van der Waals surface area contributed by atoms with Crippen LogP contribution >= 0.6 is 0 Å². The van der Waals surface area contributed by atoms with E-state index in [9.17, 15) is 4.79 Å². The molecule has 1 atom stereocenters. The summed E-state index contributed by atoms with van der Waals surface area (Å²) in [7, 11) is 0. The average molecular weight is 325 g/mol. The molecule has 88 valence electrons. The van der Waals surface area contributed by atoms with E-state index in [1.54, 1.807) is 11.6 Å². The van der Waals surface area contributed by atoms with E-state index in [2.05, 4.69) is 20.9 Å². The summed E-state index contributed by atoms with van der Waals surface area (Å²) in [5.74, 6) is 0.841. The second kappa shape index (κ2) is 4.67. The summed E-state index contributed by atoms with van der Waals surface area (Å²) in [4.78, 5) is 18.8. The van der Waals surface area contributed by atoms with Crippen LogP contribution in [0.15, 0.2) is 21.3 Å². The first kappa shape index (κ1) is 12.4. The van der Waals surface area contributed by atoms with Gasteiger partial charge in [0.05, 0.1) is 0 Å². The van der Waals surface area contributed by atoms with E-state index in [4.69, 9.17) is 0 Å². The summed E-state index contributed by atoms with van der Waals surface area (Å²) < 4.78 is 1.86. The molecule has 0 saturated heterocycles. The Morgan fingerprint density at radius 2 is 2.06 bits per heavy atom. The minimum absolute atomic E-state index is 0.324. The zero-order valence-electron chi connectivity index (χ0n) is 10.7. The molecule has 0 aromatic rings. The molecule has 0 radical (unpaired) electrons. The Kier molecular flexibility index (Phi) is 3.62. The molecule has 2 heteroatoms. The summed E-state index contributed by atoms with van der Waals surface area (Å²) >= 11 is -1.83. The maximum absolute atomic E-state index is 11.2. The van der Waals surface area contributed by atoms with Gasteiger partial charge in [-0.25, -0.2) is 0 Å². The fraction of sp³-hybridized carbons (Fsp3) is 0.643. The van der Waals surface area contributed by atoms with Crippen molar-refractivity contribution in [1.82, 2.24) is 0 Å². The van der Waals surface area contributed by atoms with Crippen molar-refractivity contribution in [3.05, 3.63) is 21.3 Å². The monoisotopic (exact) mass is 326 g/mol. The molecule has 0 heterocycles. The molecule has 0 aromatic heterocycles. The van der Waals surface area contributed by atoms with Gasteiger partial charge >= 0.3 is 103 Å². The SMILES string of the molecule is [CH3][Sn]([CH3])([CH3])[C]1=C(CC2C=CC(=O)C2)CCC1. The van der Waals surface area contributed by atoms with E-state index in [1.807, 2.05) is 3.59 Å². The number of allylic oxidation sites excluding steroid dienone is 4. The Morgan fingerprint density at radius 3 is 2.62 bits per heavy atom. The molecule has 0 saturated carbocycles. The molecular formula is C14H22OSn. The van der Waals surface area contributed by atoms with Gasteiger partial charge in [-0.15, -0.1) is 0 Å². The van der Waals surface area contributed by atoms with Crippen molar-refractivity contribution in [2.45, 2.75) is 46.9 Å². The van der Waals surface area contributed by atoms with Crippen LogP contribution in [0.4, 0.5) is 0 Å². The second-order valence-electron chi connectivity index (χ2n) is 6.18. The van der Waals surface area contributed by atoms with Crippen LogP contribution in [0.2, 0.25) is 14.8 Å². The first-order chi connectivity index (χ1) is 7.47. The number of carbonyl (C=O) groups is 1. The zero-order valence-corrected chi connectivity index (χ0v) is 13.5. The Hall–Kier alpha value is -0.0513. The zero-order chi connectivity index (χ0) is 11.8. The van der Waals surface area contributed by atoms with E-state index in [-0.39, 0.29) is 0 Å². The predicted molar refractivity (Wildman–Crippen MR) is 71.1 cm³/mol. The van der Waals surface area contributed by atoms with Gasteiger partial charge in [0, 0.05) is 0 Å². The molecule has 2 aliphatic rings. The molecule has 0 amide bonds. The van der Waals surface area contributed by atoms with E-state index >= 15 is 0 Å². The first-order valence-corrected chi connectivity index (χ1v) is 16.4. The standard InChI is InChI=1S/C11H13O.3CH3.Sn/c12-11-6-5-10(8-11)7-9-3-1-2-4-9;;;;/h5-6,10H,1-3,7-8H2;3*1H3;. The Morgan fingerprint density at radius 1 is 1.31 bits per heavy atom. The molecular weight excluding hydrogens is 303 g/mol. The molecule has 16 heavy (non-hydrogen) atoms. The van der Waals surface area contributed by atoms with Gasteiger partial charge in [-0.2, -0.15) is 0 Å². The quantitative estimate of drug-likeness (QED) is 0.720. The van der Waals surface area contributed by atoms with Crippen LogP contribution in [0.1, 0.15) is 32.1 Å². The normalized spacial score (nSPS) is 25.9. The first-order valence-electron chi connectivity index (χ1n) is 6.39. The molecule has 0 aromatic carbocycles. The van der Waals surface area contributed by atoms with Crippen LogP contribution in [0, 0.1) is 5.92 Å². The van der Waals surface area contributed by atoms with E-state index in [0.29, 0.717) is 11.7 Å². The van der Waals surface area contributed by atoms with E-state index in [1.165, 1.54) is 25.7 Å². The number of carbonyl (C=O) groups excluding carboxylic acids is 1. The van der Waals surface area contributed by atoms with E-state index < -0.39 is 18.4 Å². The molecule has 0 spiro atoms. The molecule has 0 N–H and O–H groups in total. The van der Waals surface area contributed by atoms with Gasteiger partial charge in [-0.1, -0.05) is 0 Å². The van der Waals surface area contributed by atoms with Crippen molar-refractivity contribution in [2.75, 3.05) is 0 Å². The third-order valence-corrected chi connectivity index (χ3v) is 10.7. The van der Waals surface area contributed by atoms with Crippen LogP contribution < -0.4 is 0 Å². The van der Waals surface area contributed by atoms with Gasteiger partial charge in [0.1, 0.15) is 0 Å².